The van der Waals surface area contributed by atoms with Crippen molar-refractivity contribution >= 4 is 33.4 Å². The SMILES string of the molecule is CC(C)COc1ccc(Br)cc1C(=O)Nc1cccc(CCC(=O)N(C)C)c1. The monoisotopic (exact) mass is 446 g/mol. The van der Waals surface area contributed by atoms with Crippen LogP contribution in [0.1, 0.15) is 36.2 Å². The summed E-state index contributed by atoms with van der Waals surface area (Å²) in [6.07, 6.45) is 1.06. The van der Waals surface area contributed by atoms with Gasteiger partial charge in [0.05, 0.1) is 12.2 Å². The lowest BCUT2D eigenvalue weighted by Gasteiger charge is -2.14. The third-order valence-electron chi connectivity index (χ3n) is 4.07. The molecule has 0 aliphatic carbocycles. The van der Waals surface area contributed by atoms with Crippen LogP contribution in [0.15, 0.2) is 46.9 Å². The van der Waals surface area contributed by atoms with Crippen LogP contribution in [0, 0.1) is 5.92 Å². The third-order valence-corrected chi connectivity index (χ3v) is 4.56. The zero-order valence-corrected chi connectivity index (χ0v) is 18.4. The summed E-state index contributed by atoms with van der Waals surface area (Å²) in [5.41, 5.74) is 2.16. The molecule has 0 spiro atoms. The number of aryl methyl sites for hydroxylation is 1. The van der Waals surface area contributed by atoms with Crippen molar-refractivity contribution in [3.05, 3.63) is 58.1 Å². The number of halogens is 1. The number of nitrogens with zero attached hydrogens (tertiary/aromatic N) is 1. The van der Waals surface area contributed by atoms with E-state index in [1.165, 1.54) is 0 Å². The van der Waals surface area contributed by atoms with Gasteiger partial charge in [0, 0.05) is 30.7 Å². The molecule has 0 aliphatic rings. The molecule has 28 heavy (non-hydrogen) atoms. The van der Waals surface area contributed by atoms with E-state index >= 15 is 0 Å². The highest BCUT2D eigenvalue weighted by atomic mass is 79.9. The molecule has 0 bridgehead atoms. The van der Waals surface area contributed by atoms with Gasteiger partial charge in [-0.3, -0.25) is 9.59 Å². The molecule has 0 unspecified atom stereocenters. The number of anilines is 1. The zero-order chi connectivity index (χ0) is 20.7. The number of nitrogens with one attached hydrogen (secondary N) is 1. The summed E-state index contributed by atoms with van der Waals surface area (Å²) in [4.78, 5) is 26.2. The number of ether oxygens (including phenoxy) is 1. The van der Waals surface area contributed by atoms with Gasteiger partial charge in [-0.15, -0.1) is 0 Å². The highest BCUT2D eigenvalue weighted by Crippen LogP contribution is 2.25. The number of carbonyl (C=O) groups excluding carboxylic acids is 2. The van der Waals surface area contributed by atoms with Crippen LogP contribution < -0.4 is 10.1 Å². The molecule has 2 rings (SSSR count). The molecule has 0 aromatic heterocycles. The van der Waals surface area contributed by atoms with Crippen molar-refractivity contribution in [2.24, 2.45) is 5.92 Å². The average Bonchev–Trinajstić information content (AvgIpc) is 2.65. The largest absolute Gasteiger partial charge is 0.492 e. The van der Waals surface area contributed by atoms with Crippen molar-refractivity contribution in [1.29, 1.82) is 0 Å². The van der Waals surface area contributed by atoms with Crippen molar-refractivity contribution in [2.45, 2.75) is 26.7 Å². The normalized spacial score (nSPS) is 10.6. The fraction of sp³-hybridized carbons (Fsp3) is 0.364. The first kappa shape index (κ1) is 22.0. The second kappa shape index (κ2) is 10.3. The minimum absolute atomic E-state index is 0.0792. The predicted molar refractivity (Wildman–Crippen MR) is 116 cm³/mol. The Morgan fingerprint density at radius 2 is 1.89 bits per heavy atom. The van der Waals surface area contributed by atoms with Crippen LogP contribution in [0.4, 0.5) is 5.69 Å². The van der Waals surface area contributed by atoms with Crippen LogP contribution in [0.2, 0.25) is 0 Å². The van der Waals surface area contributed by atoms with Gasteiger partial charge in [-0.2, -0.15) is 0 Å². The maximum Gasteiger partial charge on any atom is 0.259 e. The van der Waals surface area contributed by atoms with Gasteiger partial charge in [0.15, 0.2) is 0 Å². The van der Waals surface area contributed by atoms with Gasteiger partial charge in [0.1, 0.15) is 5.75 Å². The fourth-order valence-electron chi connectivity index (χ4n) is 2.54. The molecule has 0 fully saturated rings. The Kier molecular flexibility index (Phi) is 8.05. The van der Waals surface area contributed by atoms with Gasteiger partial charge in [-0.05, 0) is 48.2 Å². The zero-order valence-electron chi connectivity index (χ0n) is 16.8. The van der Waals surface area contributed by atoms with E-state index in [0.29, 0.717) is 42.4 Å². The van der Waals surface area contributed by atoms with E-state index in [2.05, 4.69) is 35.1 Å². The highest BCUT2D eigenvalue weighted by molar-refractivity contribution is 9.10. The predicted octanol–water partition coefficient (Wildman–Crippen LogP) is 4.76. The number of hydrogen-bond donors (Lipinski definition) is 1. The van der Waals surface area contributed by atoms with Gasteiger partial charge < -0.3 is 15.0 Å². The van der Waals surface area contributed by atoms with E-state index in [0.717, 1.165) is 10.0 Å². The Morgan fingerprint density at radius 1 is 1.14 bits per heavy atom. The molecule has 5 nitrogen and oxygen atoms in total. The average molecular weight is 447 g/mol. The first-order valence-corrected chi connectivity index (χ1v) is 10.1. The molecule has 150 valence electrons. The van der Waals surface area contributed by atoms with Gasteiger partial charge in [0.2, 0.25) is 5.91 Å². The van der Waals surface area contributed by atoms with E-state index in [1.54, 1.807) is 31.1 Å². The second-order valence-electron chi connectivity index (χ2n) is 7.29. The molecule has 0 aliphatic heterocycles. The van der Waals surface area contributed by atoms with Gasteiger partial charge in [0.25, 0.3) is 5.91 Å². The lowest BCUT2D eigenvalue weighted by molar-refractivity contribution is -0.128. The smallest absolute Gasteiger partial charge is 0.259 e. The van der Waals surface area contributed by atoms with E-state index < -0.39 is 0 Å². The van der Waals surface area contributed by atoms with Crippen molar-refractivity contribution in [1.82, 2.24) is 4.90 Å². The van der Waals surface area contributed by atoms with Crippen LogP contribution in [0.5, 0.6) is 5.75 Å². The van der Waals surface area contributed by atoms with Gasteiger partial charge in [-0.1, -0.05) is 41.9 Å². The van der Waals surface area contributed by atoms with Crippen molar-refractivity contribution in [2.75, 3.05) is 26.0 Å². The summed E-state index contributed by atoms with van der Waals surface area (Å²) in [5, 5.41) is 2.93. The molecule has 0 atom stereocenters. The standard InChI is InChI=1S/C22H27BrN2O3/c1-15(2)14-28-20-10-9-17(23)13-19(20)22(27)24-18-7-5-6-16(12-18)8-11-21(26)25(3)4/h5-7,9-10,12-13,15H,8,11,14H2,1-4H3,(H,24,27). The highest BCUT2D eigenvalue weighted by Gasteiger charge is 2.15. The van der Waals surface area contributed by atoms with Crippen LogP contribution >= 0.6 is 15.9 Å². The molecule has 2 amide bonds. The maximum absolute atomic E-state index is 12.8. The lowest BCUT2D eigenvalue weighted by Crippen LogP contribution is -2.21. The number of amides is 2. The Balaban J connectivity index is 2.11. The number of rotatable bonds is 8. The maximum atomic E-state index is 12.8. The van der Waals surface area contributed by atoms with E-state index in [9.17, 15) is 9.59 Å². The molecule has 2 aromatic rings. The minimum atomic E-state index is -0.235. The molecular weight excluding hydrogens is 420 g/mol. The van der Waals surface area contributed by atoms with Crippen LogP contribution in [0.25, 0.3) is 0 Å². The molecule has 6 heteroatoms. The summed E-state index contributed by atoms with van der Waals surface area (Å²) in [5.74, 6) is 0.764. The van der Waals surface area contributed by atoms with Crippen molar-refractivity contribution in [3.8, 4) is 5.75 Å². The summed E-state index contributed by atoms with van der Waals surface area (Å²) < 4.78 is 6.61. The molecule has 0 saturated carbocycles. The Hall–Kier alpha value is -2.34. The van der Waals surface area contributed by atoms with Crippen LogP contribution in [-0.2, 0) is 11.2 Å². The Labute approximate surface area is 175 Å². The second-order valence-corrected chi connectivity index (χ2v) is 8.20. The molecule has 0 radical (unpaired) electrons. The van der Waals surface area contributed by atoms with E-state index in [-0.39, 0.29) is 11.8 Å². The number of benzene rings is 2. The van der Waals surface area contributed by atoms with Crippen molar-refractivity contribution < 1.29 is 14.3 Å². The summed E-state index contributed by atoms with van der Waals surface area (Å²) in [6, 6.07) is 13.0. The Morgan fingerprint density at radius 3 is 2.57 bits per heavy atom. The van der Waals surface area contributed by atoms with Gasteiger partial charge in [-0.25, -0.2) is 0 Å². The third kappa shape index (κ3) is 6.68. The lowest BCUT2D eigenvalue weighted by atomic mass is 10.1. The topological polar surface area (TPSA) is 58.6 Å². The van der Waals surface area contributed by atoms with Gasteiger partial charge >= 0.3 is 0 Å². The fourth-order valence-corrected chi connectivity index (χ4v) is 2.90. The number of hydrogen-bond acceptors (Lipinski definition) is 3. The minimum Gasteiger partial charge on any atom is -0.492 e. The van der Waals surface area contributed by atoms with E-state index in [1.807, 2.05) is 30.3 Å². The first-order chi connectivity index (χ1) is 13.3. The van der Waals surface area contributed by atoms with Crippen LogP contribution in [0.3, 0.4) is 0 Å². The molecule has 0 heterocycles. The molecule has 2 aromatic carbocycles. The first-order valence-electron chi connectivity index (χ1n) is 9.29. The summed E-state index contributed by atoms with van der Waals surface area (Å²) in [6.45, 7) is 4.66. The van der Waals surface area contributed by atoms with Crippen molar-refractivity contribution in [3.63, 3.8) is 0 Å². The van der Waals surface area contributed by atoms with Crippen LogP contribution in [-0.4, -0.2) is 37.4 Å². The summed E-state index contributed by atoms with van der Waals surface area (Å²) >= 11 is 3.42. The summed E-state index contributed by atoms with van der Waals surface area (Å²) in [7, 11) is 3.49. The number of carbonyl (C=O) groups is 2. The quantitative estimate of drug-likeness (QED) is 0.635. The molecule has 0 saturated heterocycles. The Bertz CT molecular complexity index is 834. The van der Waals surface area contributed by atoms with E-state index in [4.69, 9.17) is 4.74 Å². The molecule has 1 N–H and O–H groups in total. The molecular formula is C22H27BrN2O3.